The zero-order valence-electron chi connectivity index (χ0n) is 12.7. The van der Waals surface area contributed by atoms with Gasteiger partial charge in [0.25, 0.3) is 0 Å². The Balaban J connectivity index is 2.32. The number of carbonyl (C=O) groups is 1. The van der Waals surface area contributed by atoms with E-state index in [1.807, 2.05) is 18.2 Å². The van der Waals surface area contributed by atoms with Gasteiger partial charge in [-0.25, -0.2) is 0 Å². The summed E-state index contributed by atoms with van der Waals surface area (Å²) in [6.07, 6.45) is 1.07. The van der Waals surface area contributed by atoms with Gasteiger partial charge in [0, 0.05) is 19.5 Å². The van der Waals surface area contributed by atoms with Gasteiger partial charge in [0.2, 0.25) is 5.91 Å². The van der Waals surface area contributed by atoms with Crippen LogP contribution in [0.5, 0.6) is 11.5 Å². The summed E-state index contributed by atoms with van der Waals surface area (Å²) in [4.78, 5) is 11.7. The van der Waals surface area contributed by atoms with Gasteiger partial charge >= 0.3 is 0 Å². The molecule has 0 aliphatic heterocycles. The summed E-state index contributed by atoms with van der Waals surface area (Å²) in [7, 11) is 3.19. The third-order valence-electron chi connectivity index (χ3n) is 2.92. The number of methoxy groups -OCH3 is 2. The molecule has 1 rings (SSSR count). The maximum atomic E-state index is 11.7. The molecule has 0 unspecified atom stereocenters. The van der Waals surface area contributed by atoms with Gasteiger partial charge < -0.3 is 25.3 Å². The minimum absolute atomic E-state index is 0.00105. The minimum atomic E-state index is 0.00105. The van der Waals surface area contributed by atoms with E-state index in [0.717, 1.165) is 5.56 Å². The molecular formula is C15H24N2O4. The van der Waals surface area contributed by atoms with Crippen molar-refractivity contribution in [1.82, 2.24) is 5.32 Å². The van der Waals surface area contributed by atoms with E-state index in [1.54, 1.807) is 14.2 Å². The number of hydrogen-bond donors (Lipinski definition) is 2. The molecule has 0 spiro atoms. The number of nitrogens with one attached hydrogen (secondary N) is 1. The number of rotatable bonds is 10. The van der Waals surface area contributed by atoms with E-state index in [0.29, 0.717) is 50.6 Å². The molecule has 0 fully saturated rings. The fraction of sp³-hybridized carbons (Fsp3) is 0.533. The zero-order chi connectivity index (χ0) is 15.5. The van der Waals surface area contributed by atoms with E-state index < -0.39 is 0 Å². The van der Waals surface area contributed by atoms with Crippen LogP contribution in [0, 0.1) is 0 Å². The van der Waals surface area contributed by atoms with Crippen molar-refractivity contribution in [2.75, 3.05) is 40.5 Å². The van der Waals surface area contributed by atoms with E-state index in [4.69, 9.17) is 19.9 Å². The maximum Gasteiger partial charge on any atom is 0.220 e. The van der Waals surface area contributed by atoms with Crippen LogP contribution in [-0.2, 0) is 16.0 Å². The Morgan fingerprint density at radius 2 is 1.95 bits per heavy atom. The number of amides is 1. The molecule has 0 atom stereocenters. The van der Waals surface area contributed by atoms with Gasteiger partial charge in [0.05, 0.1) is 27.4 Å². The molecule has 0 heterocycles. The standard InChI is InChI=1S/C15H24N2O4/c1-19-13-5-3-12(11-14(13)20-2)4-6-15(18)17-8-10-21-9-7-16/h3,5,11H,4,6-10,16H2,1-2H3,(H,17,18). The predicted molar refractivity (Wildman–Crippen MR) is 80.8 cm³/mol. The van der Waals surface area contributed by atoms with Gasteiger partial charge in [0.15, 0.2) is 11.5 Å². The SMILES string of the molecule is COc1ccc(CCC(=O)NCCOCCN)cc1OC. The molecule has 1 aromatic carbocycles. The number of carbonyl (C=O) groups excluding carboxylic acids is 1. The largest absolute Gasteiger partial charge is 0.493 e. The van der Waals surface area contributed by atoms with Crippen molar-refractivity contribution in [3.8, 4) is 11.5 Å². The Bertz CT molecular complexity index is 438. The second kappa shape index (κ2) is 10.0. The molecule has 0 radical (unpaired) electrons. The third kappa shape index (κ3) is 6.46. The molecule has 0 aromatic heterocycles. The Morgan fingerprint density at radius 3 is 2.62 bits per heavy atom. The summed E-state index contributed by atoms with van der Waals surface area (Å²) < 4.78 is 15.6. The monoisotopic (exact) mass is 296 g/mol. The fourth-order valence-electron chi connectivity index (χ4n) is 1.83. The first-order valence-corrected chi connectivity index (χ1v) is 6.96. The molecule has 0 aliphatic carbocycles. The Hall–Kier alpha value is -1.79. The Kier molecular flexibility index (Phi) is 8.23. The van der Waals surface area contributed by atoms with Gasteiger partial charge in [-0.2, -0.15) is 0 Å². The van der Waals surface area contributed by atoms with Crippen molar-refractivity contribution in [3.63, 3.8) is 0 Å². The Labute approximate surface area is 125 Å². The molecule has 0 bridgehead atoms. The minimum Gasteiger partial charge on any atom is -0.493 e. The van der Waals surface area contributed by atoms with Crippen molar-refractivity contribution in [2.45, 2.75) is 12.8 Å². The molecule has 6 heteroatoms. The van der Waals surface area contributed by atoms with E-state index in [9.17, 15) is 4.79 Å². The lowest BCUT2D eigenvalue weighted by molar-refractivity contribution is -0.121. The molecule has 118 valence electrons. The van der Waals surface area contributed by atoms with Crippen LogP contribution >= 0.6 is 0 Å². The summed E-state index contributed by atoms with van der Waals surface area (Å²) >= 11 is 0. The van der Waals surface area contributed by atoms with Crippen molar-refractivity contribution in [2.24, 2.45) is 5.73 Å². The van der Waals surface area contributed by atoms with Crippen molar-refractivity contribution >= 4 is 5.91 Å². The average Bonchev–Trinajstić information content (AvgIpc) is 2.52. The first kappa shape index (κ1) is 17.3. The molecule has 1 amide bonds. The third-order valence-corrected chi connectivity index (χ3v) is 2.92. The van der Waals surface area contributed by atoms with Crippen LogP contribution in [0.1, 0.15) is 12.0 Å². The molecule has 6 nitrogen and oxygen atoms in total. The highest BCUT2D eigenvalue weighted by Crippen LogP contribution is 2.27. The van der Waals surface area contributed by atoms with Gasteiger partial charge in [-0.05, 0) is 24.1 Å². The molecule has 21 heavy (non-hydrogen) atoms. The fourth-order valence-corrected chi connectivity index (χ4v) is 1.83. The molecule has 0 saturated heterocycles. The average molecular weight is 296 g/mol. The summed E-state index contributed by atoms with van der Waals surface area (Å²) in [5, 5.41) is 2.80. The van der Waals surface area contributed by atoms with Gasteiger partial charge in [0.1, 0.15) is 0 Å². The van der Waals surface area contributed by atoms with E-state index in [-0.39, 0.29) is 5.91 Å². The number of aryl methyl sites for hydroxylation is 1. The van der Waals surface area contributed by atoms with E-state index in [2.05, 4.69) is 5.32 Å². The summed E-state index contributed by atoms with van der Waals surface area (Å²) in [6, 6.07) is 5.65. The molecule has 1 aromatic rings. The van der Waals surface area contributed by atoms with E-state index in [1.165, 1.54) is 0 Å². The lowest BCUT2D eigenvalue weighted by atomic mass is 10.1. The first-order chi connectivity index (χ1) is 10.2. The van der Waals surface area contributed by atoms with Crippen LogP contribution in [-0.4, -0.2) is 46.4 Å². The van der Waals surface area contributed by atoms with Crippen molar-refractivity contribution in [3.05, 3.63) is 23.8 Å². The van der Waals surface area contributed by atoms with E-state index >= 15 is 0 Å². The van der Waals surface area contributed by atoms with Gasteiger partial charge in [-0.3, -0.25) is 4.79 Å². The van der Waals surface area contributed by atoms with Crippen LogP contribution in [0.2, 0.25) is 0 Å². The maximum absolute atomic E-state index is 11.7. The number of ether oxygens (including phenoxy) is 3. The number of nitrogens with two attached hydrogens (primary N) is 1. The summed E-state index contributed by atoms with van der Waals surface area (Å²) in [6.45, 7) is 2.00. The zero-order valence-corrected chi connectivity index (χ0v) is 12.7. The molecule has 0 aliphatic rings. The van der Waals surface area contributed by atoms with Crippen LogP contribution in [0.3, 0.4) is 0 Å². The topological polar surface area (TPSA) is 82.8 Å². The lowest BCUT2D eigenvalue weighted by Gasteiger charge is -2.10. The van der Waals surface area contributed by atoms with Crippen molar-refractivity contribution in [1.29, 1.82) is 0 Å². The lowest BCUT2D eigenvalue weighted by Crippen LogP contribution is -2.28. The predicted octanol–water partition coefficient (Wildman–Crippen LogP) is 0.728. The normalized spacial score (nSPS) is 10.2. The van der Waals surface area contributed by atoms with Crippen LogP contribution in [0.15, 0.2) is 18.2 Å². The second-order valence-electron chi connectivity index (χ2n) is 4.44. The van der Waals surface area contributed by atoms with Gasteiger partial charge in [-0.1, -0.05) is 6.07 Å². The second-order valence-corrected chi connectivity index (χ2v) is 4.44. The van der Waals surface area contributed by atoms with Crippen LogP contribution < -0.4 is 20.5 Å². The smallest absolute Gasteiger partial charge is 0.220 e. The highest BCUT2D eigenvalue weighted by Gasteiger charge is 2.06. The van der Waals surface area contributed by atoms with Crippen molar-refractivity contribution < 1.29 is 19.0 Å². The quantitative estimate of drug-likeness (QED) is 0.622. The highest BCUT2D eigenvalue weighted by atomic mass is 16.5. The first-order valence-electron chi connectivity index (χ1n) is 6.96. The molecule has 3 N–H and O–H groups in total. The highest BCUT2D eigenvalue weighted by molar-refractivity contribution is 5.76. The molecule has 0 saturated carbocycles. The molecular weight excluding hydrogens is 272 g/mol. The Morgan fingerprint density at radius 1 is 1.19 bits per heavy atom. The van der Waals surface area contributed by atoms with Crippen LogP contribution in [0.25, 0.3) is 0 Å². The number of hydrogen-bond acceptors (Lipinski definition) is 5. The van der Waals surface area contributed by atoms with Crippen LogP contribution in [0.4, 0.5) is 0 Å². The summed E-state index contributed by atoms with van der Waals surface area (Å²) in [5.74, 6) is 1.36. The van der Waals surface area contributed by atoms with Gasteiger partial charge in [-0.15, -0.1) is 0 Å². The number of benzene rings is 1. The summed E-state index contributed by atoms with van der Waals surface area (Å²) in [5.41, 5.74) is 6.33.